The number of ether oxygens (including phenoxy) is 3. The Hall–Kier alpha value is -2.20. The lowest BCUT2D eigenvalue weighted by Crippen LogP contribution is -2.26. The second kappa shape index (κ2) is 7.79. The minimum atomic E-state index is 0.310. The molecule has 1 atom stereocenters. The number of fused-ring (bicyclic) bond motifs is 1. The van der Waals surface area contributed by atoms with Gasteiger partial charge in [0.2, 0.25) is 0 Å². The van der Waals surface area contributed by atoms with E-state index in [9.17, 15) is 0 Å². The van der Waals surface area contributed by atoms with Gasteiger partial charge in [-0.15, -0.1) is 0 Å². The van der Waals surface area contributed by atoms with Gasteiger partial charge >= 0.3 is 0 Å². The molecule has 1 aliphatic heterocycles. The normalized spacial score (nSPS) is 17.5. The van der Waals surface area contributed by atoms with E-state index in [0.29, 0.717) is 6.04 Å². The maximum Gasteiger partial charge on any atom is 0.161 e. The molecule has 0 unspecified atom stereocenters. The van der Waals surface area contributed by atoms with Crippen LogP contribution in [0.4, 0.5) is 0 Å². The third-order valence-electron chi connectivity index (χ3n) is 5.06. The number of hydrogen-bond acceptors (Lipinski definition) is 4. The van der Waals surface area contributed by atoms with Crippen LogP contribution in [-0.2, 0) is 12.8 Å². The first-order chi connectivity index (χ1) is 12.2. The molecule has 0 bridgehead atoms. The van der Waals surface area contributed by atoms with Crippen molar-refractivity contribution in [3.05, 3.63) is 53.1 Å². The number of methoxy groups -OCH3 is 3. The van der Waals surface area contributed by atoms with Gasteiger partial charge in [0.05, 0.1) is 21.3 Å². The number of benzene rings is 2. The van der Waals surface area contributed by atoms with Crippen molar-refractivity contribution in [3.63, 3.8) is 0 Å². The van der Waals surface area contributed by atoms with E-state index in [1.165, 1.54) is 16.7 Å². The summed E-state index contributed by atoms with van der Waals surface area (Å²) in [6.07, 6.45) is 3.15. The smallest absolute Gasteiger partial charge is 0.161 e. The predicted molar refractivity (Wildman–Crippen MR) is 99.9 cm³/mol. The number of nitrogens with zero attached hydrogens (tertiary/aromatic N) is 1. The van der Waals surface area contributed by atoms with Crippen LogP contribution in [0.5, 0.6) is 17.2 Å². The van der Waals surface area contributed by atoms with E-state index in [1.54, 1.807) is 21.3 Å². The van der Waals surface area contributed by atoms with Gasteiger partial charge in [-0.1, -0.05) is 12.1 Å². The zero-order valence-corrected chi connectivity index (χ0v) is 15.5. The van der Waals surface area contributed by atoms with Crippen LogP contribution in [0.1, 0.15) is 29.2 Å². The molecule has 2 aromatic carbocycles. The molecule has 1 heterocycles. The van der Waals surface area contributed by atoms with Crippen molar-refractivity contribution >= 4 is 0 Å². The molecule has 4 nitrogen and oxygen atoms in total. The fraction of sp³-hybridized carbons (Fsp3) is 0.429. The number of likely N-dealkylation sites (N-methyl/N-ethyl adjacent to an activating group) is 1. The average molecular weight is 341 g/mol. The van der Waals surface area contributed by atoms with Crippen LogP contribution in [0.25, 0.3) is 0 Å². The van der Waals surface area contributed by atoms with E-state index in [4.69, 9.17) is 14.2 Å². The lowest BCUT2D eigenvalue weighted by Gasteiger charge is -2.28. The van der Waals surface area contributed by atoms with Crippen LogP contribution in [0, 0.1) is 0 Å². The first-order valence-electron chi connectivity index (χ1n) is 8.74. The first-order valence-corrected chi connectivity index (χ1v) is 8.74. The maximum atomic E-state index is 5.55. The molecule has 25 heavy (non-hydrogen) atoms. The third kappa shape index (κ3) is 3.74. The summed E-state index contributed by atoms with van der Waals surface area (Å²) in [6, 6.07) is 12.9. The maximum absolute atomic E-state index is 5.55. The quantitative estimate of drug-likeness (QED) is 0.826. The molecule has 0 fully saturated rings. The second-order valence-corrected chi connectivity index (χ2v) is 6.56. The zero-order chi connectivity index (χ0) is 17.8. The Labute approximate surface area is 150 Å². The summed E-state index contributed by atoms with van der Waals surface area (Å²) in [5.41, 5.74) is 3.97. The fourth-order valence-corrected chi connectivity index (χ4v) is 3.66. The second-order valence-electron chi connectivity index (χ2n) is 6.56. The van der Waals surface area contributed by atoms with Crippen molar-refractivity contribution in [2.24, 2.45) is 0 Å². The Morgan fingerprint density at radius 1 is 1.00 bits per heavy atom. The van der Waals surface area contributed by atoms with Gasteiger partial charge in [-0.25, -0.2) is 0 Å². The van der Waals surface area contributed by atoms with E-state index < -0.39 is 0 Å². The number of rotatable bonds is 5. The minimum absolute atomic E-state index is 0.310. The van der Waals surface area contributed by atoms with Crippen molar-refractivity contribution in [1.29, 1.82) is 0 Å². The average Bonchev–Trinajstić information content (AvgIpc) is 2.79. The van der Waals surface area contributed by atoms with Gasteiger partial charge in [-0.05, 0) is 73.8 Å². The van der Waals surface area contributed by atoms with Crippen LogP contribution < -0.4 is 14.2 Å². The van der Waals surface area contributed by atoms with E-state index in [-0.39, 0.29) is 0 Å². The summed E-state index contributed by atoms with van der Waals surface area (Å²) < 4.78 is 16.4. The lowest BCUT2D eigenvalue weighted by atomic mass is 9.93. The molecule has 134 valence electrons. The molecule has 3 rings (SSSR count). The Morgan fingerprint density at radius 2 is 1.76 bits per heavy atom. The Morgan fingerprint density at radius 3 is 2.48 bits per heavy atom. The van der Waals surface area contributed by atoms with Gasteiger partial charge < -0.3 is 14.2 Å². The number of aryl methyl sites for hydroxylation is 1. The molecule has 0 aromatic heterocycles. The molecular weight excluding hydrogens is 314 g/mol. The van der Waals surface area contributed by atoms with Crippen LogP contribution >= 0.6 is 0 Å². The van der Waals surface area contributed by atoms with E-state index in [2.05, 4.69) is 42.3 Å². The van der Waals surface area contributed by atoms with E-state index in [1.807, 2.05) is 6.07 Å². The first kappa shape index (κ1) is 17.6. The highest BCUT2D eigenvalue weighted by Crippen LogP contribution is 2.38. The molecule has 0 saturated heterocycles. The Balaban J connectivity index is 2.00. The number of hydrogen-bond donors (Lipinski definition) is 0. The highest BCUT2D eigenvalue weighted by Gasteiger charge is 2.25. The van der Waals surface area contributed by atoms with Gasteiger partial charge in [0, 0.05) is 6.04 Å². The Bertz CT molecular complexity index is 729. The molecule has 4 heteroatoms. The van der Waals surface area contributed by atoms with Crippen molar-refractivity contribution in [2.45, 2.75) is 25.3 Å². The fourth-order valence-electron chi connectivity index (χ4n) is 3.66. The van der Waals surface area contributed by atoms with Crippen LogP contribution in [0.2, 0.25) is 0 Å². The summed E-state index contributed by atoms with van der Waals surface area (Å²) >= 11 is 0. The van der Waals surface area contributed by atoms with E-state index >= 15 is 0 Å². The summed E-state index contributed by atoms with van der Waals surface area (Å²) in [4.78, 5) is 2.44. The molecule has 2 aromatic rings. The predicted octanol–water partition coefficient (Wildman–Crippen LogP) is 3.87. The monoisotopic (exact) mass is 341 g/mol. The lowest BCUT2D eigenvalue weighted by molar-refractivity contribution is 0.248. The molecular formula is C21H27NO3. The summed E-state index contributed by atoms with van der Waals surface area (Å²) in [7, 11) is 7.31. The van der Waals surface area contributed by atoms with Gasteiger partial charge in [-0.3, -0.25) is 4.90 Å². The van der Waals surface area contributed by atoms with Crippen molar-refractivity contribution < 1.29 is 14.2 Å². The van der Waals surface area contributed by atoms with Crippen molar-refractivity contribution in [2.75, 3.05) is 34.9 Å². The largest absolute Gasteiger partial charge is 0.497 e. The molecule has 1 aliphatic rings. The minimum Gasteiger partial charge on any atom is -0.497 e. The molecule has 0 saturated carbocycles. The Kier molecular flexibility index (Phi) is 5.49. The van der Waals surface area contributed by atoms with Gasteiger partial charge in [0.25, 0.3) is 0 Å². The zero-order valence-electron chi connectivity index (χ0n) is 15.5. The van der Waals surface area contributed by atoms with Crippen molar-refractivity contribution in [1.82, 2.24) is 4.90 Å². The molecule has 0 N–H and O–H groups in total. The molecule has 0 aliphatic carbocycles. The van der Waals surface area contributed by atoms with Gasteiger partial charge in [-0.2, -0.15) is 0 Å². The summed E-state index contributed by atoms with van der Waals surface area (Å²) in [5, 5.41) is 0. The van der Waals surface area contributed by atoms with Gasteiger partial charge in [0.1, 0.15) is 5.75 Å². The highest BCUT2D eigenvalue weighted by atomic mass is 16.5. The topological polar surface area (TPSA) is 30.9 Å². The third-order valence-corrected chi connectivity index (χ3v) is 5.06. The van der Waals surface area contributed by atoms with E-state index in [0.717, 1.165) is 43.1 Å². The molecule has 0 radical (unpaired) electrons. The molecule has 0 spiro atoms. The standard InChI is InChI=1S/C21H27NO3/c1-22-10-6-8-16-13-20(24-3)21(25-4)14-18(16)19(22)12-15-7-5-9-17(11-15)23-2/h5,7,9,11,13-14,19H,6,8,10,12H2,1-4H3/t19-/m1/s1. The van der Waals surface area contributed by atoms with Crippen LogP contribution in [0.3, 0.4) is 0 Å². The molecule has 0 amide bonds. The SMILES string of the molecule is COc1cccc(C[C@@H]2c3cc(OC)c(OC)cc3CCCN2C)c1. The van der Waals surface area contributed by atoms with Gasteiger partial charge in [0.15, 0.2) is 11.5 Å². The highest BCUT2D eigenvalue weighted by molar-refractivity contribution is 5.49. The summed E-state index contributed by atoms with van der Waals surface area (Å²) in [6.45, 7) is 1.08. The van der Waals surface area contributed by atoms with Crippen LogP contribution in [0.15, 0.2) is 36.4 Å². The van der Waals surface area contributed by atoms with Crippen molar-refractivity contribution in [3.8, 4) is 17.2 Å². The summed E-state index contributed by atoms with van der Waals surface area (Å²) in [5.74, 6) is 2.51. The van der Waals surface area contributed by atoms with Crippen LogP contribution in [-0.4, -0.2) is 39.8 Å².